The number of nitrogens with zero attached hydrogens (tertiary/aromatic N) is 2. The van der Waals surface area contributed by atoms with Crippen LogP contribution in [0.2, 0.25) is 0 Å². The normalized spacial score (nSPS) is 11.9. The molecule has 2 aromatic carbocycles. The summed E-state index contributed by atoms with van der Waals surface area (Å²) in [4.78, 5) is 29.2. The zero-order valence-electron chi connectivity index (χ0n) is 16.7. The van der Waals surface area contributed by atoms with Crippen molar-refractivity contribution in [3.8, 4) is 0 Å². The summed E-state index contributed by atoms with van der Waals surface area (Å²) in [6.07, 6.45) is 1.57. The fourth-order valence-corrected chi connectivity index (χ4v) is 4.07. The maximum Gasteiger partial charge on any atom is 0.355 e. The summed E-state index contributed by atoms with van der Waals surface area (Å²) in [5.74, 6) is -0.909. The first-order valence-corrected chi connectivity index (χ1v) is 10.4. The Kier molecular flexibility index (Phi) is 5.63. The van der Waals surface area contributed by atoms with Gasteiger partial charge in [-0.2, -0.15) is 0 Å². The molecule has 0 radical (unpaired) electrons. The third-order valence-corrected chi connectivity index (χ3v) is 5.76. The molecule has 0 saturated heterocycles. The van der Waals surface area contributed by atoms with Crippen molar-refractivity contribution in [3.05, 3.63) is 83.1 Å². The number of carbonyl (C=O) groups excluding carboxylic acids is 2. The highest BCUT2D eigenvalue weighted by atomic mass is 32.1. The Bertz CT molecular complexity index is 1160. The van der Waals surface area contributed by atoms with E-state index in [9.17, 15) is 9.59 Å². The molecular formula is C23H21N3O3S. The van der Waals surface area contributed by atoms with Crippen LogP contribution in [-0.4, -0.2) is 27.5 Å². The number of aryl methyl sites for hydroxylation is 1. The molecule has 0 fully saturated rings. The molecule has 4 aromatic rings. The van der Waals surface area contributed by atoms with Gasteiger partial charge in [0.05, 0.1) is 15.2 Å². The van der Waals surface area contributed by atoms with Gasteiger partial charge in [0.1, 0.15) is 5.69 Å². The number of anilines is 1. The van der Waals surface area contributed by atoms with Crippen molar-refractivity contribution in [1.82, 2.24) is 9.55 Å². The van der Waals surface area contributed by atoms with Gasteiger partial charge in [0.15, 0.2) is 6.10 Å². The topological polar surface area (TPSA) is 73.2 Å². The van der Waals surface area contributed by atoms with Gasteiger partial charge in [-0.15, -0.1) is 11.3 Å². The summed E-state index contributed by atoms with van der Waals surface area (Å²) in [7, 11) is 1.75. The zero-order valence-corrected chi connectivity index (χ0v) is 17.5. The molecule has 30 heavy (non-hydrogen) atoms. The van der Waals surface area contributed by atoms with E-state index in [-0.39, 0.29) is 5.91 Å². The molecule has 1 amide bonds. The summed E-state index contributed by atoms with van der Waals surface area (Å²) in [5.41, 5.74) is 3.17. The second kappa shape index (κ2) is 8.51. The second-order valence-corrected chi connectivity index (χ2v) is 8.11. The summed E-state index contributed by atoms with van der Waals surface area (Å²) >= 11 is 1.69. The summed E-state index contributed by atoms with van der Waals surface area (Å²) in [6, 6.07) is 19.1. The third-order valence-electron chi connectivity index (χ3n) is 4.72. The van der Waals surface area contributed by atoms with Crippen molar-refractivity contribution in [3.63, 3.8) is 0 Å². The van der Waals surface area contributed by atoms with Crippen molar-refractivity contribution in [2.24, 2.45) is 7.05 Å². The molecule has 6 nitrogen and oxygen atoms in total. The van der Waals surface area contributed by atoms with Crippen LogP contribution >= 0.6 is 11.3 Å². The Morgan fingerprint density at radius 2 is 1.87 bits per heavy atom. The number of thiazole rings is 1. The summed E-state index contributed by atoms with van der Waals surface area (Å²) < 4.78 is 8.09. The van der Waals surface area contributed by atoms with Crippen LogP contribution in [0.4, 0.5) is 5.69 Å². The van der Waals surface area contributed by atoms with Crippen LogP contribution in [0.25, 0.3) is 10.2 Å². The molecule has 0 aliphatic heterocycles. The van der Waals surface area contributed by atoms with Gasteiger partial charge in [0.2, 0.25) is 0 Å². The first-order valence-electron chi connectivity index (χ1n) is 9.56. The molecular weight excluding hydrogens is 398 g/mol. The summed E-state index contributed by atoms with van der Waals surface area (Å²) in [6.45, 7) is 1.55. The minimum absolute atomic E-state index is 0.378. The average Bonchev–Trinajstić information content (AvgIpc) is 3.34. The zero-order chi connectivity index (χ0) is 21.1. The Hall–Kier alpha value is -3.45. The highest BCUT2D eigenvalue weighted by Crippen LogP contribution is 2.24. The molecule has 0 aliphatic rings. The van der Waals surface area contributed by atoms with Gasteiger partial charge in [0, 0.05) is 25.4 Å². The summed E-state index contributed by atoms with van der Waals surface area (Å²) in [5, 5.41) is 3.83. The fraction of sp³-hybridized carbons (Fsp3) is 0.174. The molecule has 1 N–H and O–H groups in total. The SMILES string of the molecule is C[C@H](OC(=O)c1cccn1C)C(=O)Nc1ccc(Cc2nc3ccccc3s2)cc1. The van der Waals surface area contributed by atoms with Gasteiger partial charge >= 0.3 is 5.97 Å². The highest BCUT2D eigenvalue weighted by molar-refractivity contribution is 7.18. The first-order chi connectivity index (χ1) is 14.5. The number of hydrogen-bond acceptors (Lipinski definition) is 5. The standard InChI is InChI=1S/C23H21N3O3S/c1-15(29-23(28)19-7-5-13-26(19)2)22(27)24-17-11-9-16(10-12-17)14-21-25-18-6-3-4-8-20(18)30-21/h3-13,15H,14H2,1-2H3,(H,24,27)/t15-/m0/s1. The van der Waals surface area contributed by atoms with Crippen LogP contribution in [0.5, 0.6) is 0 Å². The van der Waals surface area contributed by atoms with E-state index in [0.717, 1.165) is 22.5 Å². The smallest absolute Gasteiger partial charge is 0.355 e. The van der Waals surface area contributed by atoms with Gasteiger partial charge < -0.3 is 14.6 Å². The third kappa shape index (κ3) is 4.41. The largest absolute Gasteiger partial charge is 0.448 e. The lowest BCUT2D eigenvalue weighted by Gasteiger charge is -2.14. The van der Waals surface area contributed by atoms with Crippen LogP contribution < -0.4 is 5.32 Å². The van der Waals surface area contributed by atoms with Crippen molar-refractivity contribution in [2.75, 3.05) is 5.32 Å². The van der Waals surface area contributed by atoms with Crippen LogP contribution in [0.3, 0.4) is 0 Å². The molecule has 0 spiro atoms. The number of para-hydroxylation sites is 1. The number of benzene rings is 2. The van der Waals surface area contributed by atoms with Crippen molar-refractivity contribution in [2.45, 2.75) is 19.4 Å². The number of esters is 1. The molecule has 4 rings (SSSR count). The van der Waals surface area contributed by atoms with Gasteiger partial charge in [-0.25, -0.2) is 9.78 Å². The van der Waals surface area contributed by atoms with E-state index in [2.05, 4.69) is 16.4 Å². The minimum Gasteiger partial charge on any atom is -0.448 e. The monoisotopic (exact) mass is 419 g/mol. The number of fused-ring (bicyclic) bond motifs is 1. The number of ether oxygens (including phenoxy) is 1. The number of rotatable bonds is 6. The van der Waals surface area contributed by atoms with Crippen LogP contribution in [0.15, 0.2) is 66.9 Å². The van der Waals surface area contributed by atoms with E-state index in [1.54, 1.807) is 48.2 Å². The molecule has 0 aliphatic carbocycles. The lowest BCUT2D eigenvalue weighted by molar-refractivity contribution is -0.123. The highest BCUT2D eigenvalue weighted by Gasteiger charge is 2.20. The van der Waals surface area contributed by atoms with E-state index < -0.39 is 12.1 Å². The Labute approximate surface area is 178 Å². The maximum absolute atomic E-state index is 12.4. The minimum atomic E-state index is -0.908. The van der Waals surface area contributed by atoms with Crippen molar-refractivity contribution in [1.29, 1.82) is 0 Å². The lowest BCUT2D eigenvalue weighted by Crippen LogP contribution is -2.30. The van der Waals surface area contributed by atoms with E-state index in [1.807, 2.05) is 42.5 Å². The van der Waals surface area contributed by atoms with Gasteiger partial charge in [-0.1, -0.05) is 24.3 Å². The quantitative estimate of drug-likeness (QED) is 0.470. The second-order valence-electron chi connectivity index (χ2n) is 6.99. The van der Waals surface area contributed by atoms with E-state index >= 15 is 0 Å². The van der Waals surface area contributed by atoms with Gasteiger partial charge in [-0.3, -0.25) is 4.79 Å². The Morgan fingerprint density at radius 1 is 1.10 bits per heavy atom. The molecule has 7 heteroatoms. The number of nitrogens with one attached hydrogen (secondary N) is 1. The predicted molar refractivity (Wildman–Crippen MR) is 118 cm³/mol. The maximum atomic E-state index is 12.4. The molecule has 0 bridgehead atoms. The molecule has 2 heterocycles. The van der Waals surface area contributed by atoms with E-state index in [4.69, 9.17) is 4.74 Å². The van der Waals surface area contributed by atoms with Gasteiger partial charge in [-0.05, 0) is 48.9 Å². The first kappa shape index (κ1) is 19.8. The van der Waals surface area contributed by atoms with E-state index in [1.165, 1.54) is 4.70 Å². The number of amides is 1. The molecule has 152 valence electrons. The van der Waals surface area contributed by atoms with Crippen LogP contribution in [0, 0.1) is 0 Å². The van der Waals surface area contributed by atoms with Gasteiger partial charge in [0.25, 0.3) is 5.91 Å². The Morgan fingerprint density at radius 3 is 2.57 bits per heavy atom. The molecule has 0 unspecified atom stereocenters. The lowest BCUT2D eigenvalue weighted by atomic mass is 10.1. The van der Waals surface area contributed by atoms with Crippen molar-refractivity contribution >= 4 is 39.1 Å². The average molecular weight is 420 g/mol. The number of carbonyl (C=O) groups is 2. The Balaban J connectivity index is 1.35. The van der Waals surface area contributed by atoms with Crippen LogP contribution in [-0.2, 0) is 23.0 Å². The number of hydrogen-bond donors (Lipinski definition) is 1. The molecule has 0 saturated carbocycles. The van der Waals surface area contributed by atoms with E-state index in [0.29, 0.717) is 11.4 Å². The molecule has 1 atom stereocenters. The number of aromatic nitrogens is 2. The fourth-order valence-electron chi connectivity index (χ4n) is 3.07. The predicted octanol–water partition coefficient (Wildman–Crippen LogP) is 4.41. The van der Waals surface area contributed by atoms with Crippen LogP contribution in [0.1, 0.15) is 28.0 Å². The molecule has 2 aromatic heterocycles. The van der Waals surface area contributed by atoms with Crippen molar-refractivity contribution < 1.29 is 14.3 Å².